The highest BCUT2D eigenvalue weighted by molar-refractivity contribution is 4.93. The Hall–Kier alpha value is -0.0800. The summed E-state index contributed by atoms with van der Waals surface area (Å²) in [5, 5.41) is 3.72. The normalized spacial score (nSPS) is 36.0. The molecule has 1 N–H and O–H groups in total. The van der Waals surface area contributed by atoms with Crippen LogP contribution in [0, 0.1) is 5.92 Å². The van der Waals surface area contributed by atoms with Crippen molar-refractivity contribution in [2.24, 2.45) is 5.92 Å². The van der Waals surface area contributed by atoms with Crippen molar-refractivity contribution in [3.8, 4) is 0 Å². The van der Waals surface area contributed by atoms with Crippen LogP contribution < -0.4 is 5.32 Å². The fourth-order valence-electron chi connectivity index (χ4n) is 3.77. The maximum Gasteiger partial charge on any atom is 0.0198 e. The lowest BCUT2D eigenvalue weighted by Crippen LogP contribution is -2.52. The largest absolute Gasteiger partial charge is 0.309 e. The van der Waals surface area contributed by atoms with Crippen LogP contribution in [0.15, 0.2) is 0 Å². The molecule has 0 spiro atoms. The Balaban J connectivity index is 0.000000963. The molecule has 3 fully saturated rings. The average Bonchev–Trinajstić information content (AvgIpc) is 2.60. The Kier molecular flexibility index (Phi) is 4.26. The van der Waals surface area contributed by atoms with Crippen LogP contribution in [-0.4, -0.2) is 36.6 Å². The second kappa shape index (κ2) is 5.50. The maximum atomic E-state index is 3.72. The van der Waals surface area contributed by atoms with E-state index < -0.39 is 0 Å². The van der Waals surface area contributed by atoms with Gasteiger partial charge in [0.15, 0.2) is 0 Å². The first-order chi connectivity index (χ1) is 7.40. The molecule has 2 bridgehead atoms. The van der Waals surface area contributed by atoms with Crippen molar-refractivity contribution in [3.05, 3.63) is 0 Å². The molecule has 2 saturated heterocycles. The van der Waals surface area contributed by atoms with Crippen molar-refractivity contribution < 1.29 is 0 Å². The van der Waals surface area contributed by atoms with E-state index in [9.17, 15) is 0 Å². The first-order valence-corrected chi connectivity index (χ1v) is 6.88. The predicted molar refractivity (Wildman–Crippen MR) is 69.7 cm³/mol. The van der Waals surface area contributed by atoms with Crippen LogP contribution >= 0.6 is 0 Å². The maximum absolute atomic E-state index is 3.72. The molecule has 0 aromatic heterocycles. The van der Waals surface area contributed by atoms with Gasteiger partial charge in [0.2, 0.25) is 0 Å². The third-order valence-electron chi connectivity index (χ3n) is 4.53. The van der Waals surface area contributed by atoms with Gasteiger partial charge in [-0.2, -0.15) is 0 Å². The number of hydrogen-bond donors (Lipinski definition) is 1. The molecule has 2 aliphatic heterocycles. The predicted octanol–water partition coefficient (Wildman–Crippen LogP) is 2.64. The van der Waals surface area contributed by atoms with E-state index in [-0.39, 0.29) is 7.43 Å². The summed E-state index contributed by atoms with van der Waals surface area (Å²) in [6.07, 6.45) is 10.3. The van der Waals surface area contributed by atoms with E-state index in [2.05, 4.69) is 10.2 Å². The SMILES string of the molecule is C.C1CCC(CN2CC3CCC(C2)N3)CC1. The molecule has 2 atom stereocenters. The molecule has 3 aliphatic rings. The van der Waals surface area contributed by atoms with Crippen molar-refractivity contribution >= 4 is 0 Å². The number of likely N-dealkylation sites (tertiary alicyclic amines) is 1. The molecule has 0 amide bonds. The number of piperazine rings is 1. The smallest absolute Gasteiger partial charge is 0.0198 e. The van der Waals surface area contributed by atoms with Crippen molar-refractivity contribution in [3.63, 3.8) is 0 Å². The molecule has 2 heterocycles. The van der Waals surface area contributed by atoms with Gasteiger partial charge in [0.05, 0.1) is 0 Å². The van der Waals surface area contributed by atoms with E-state index in [1.165, 1.54) is 64.6 Å². The van der Waals surface area contributed by atoms with Crippen LogP contribution in [0.5, 0.6) is 0 Å². The van der Waals surface area contributed by atoms with E-state index in [1.807, 2.05) is 0 Å². The quantitative estimate of drug-likeness (QED) is 0.776. The lowest BCUT2D eigenvalue weighted by molar-refractivity contribution is 0.153. The third-order valence-corrected chi connectivity index (χ3v) is 4.53. The Morgan fingerprint density at radius 2 is 1.50 bits per heavy atom. The second-order valence-electron chi connectivity index (χ2n) is 5.86. The van der Waals surface area contributed by atoms with Gasteiger partial charge in [-0.25, -0.2) is 0 Å². The van der Waals surface area contributed by atoms with Gasteiger partial charge >= 0.3 is 0 Å². The zero-order valence-electron chi connectivity index (χ0n) is 9.75. The number of nitrogens with zero attached hydrogens (tertiary/aromatic N) is 1. The molecule has 16 heavy (non-hydrogen) atoms. The molecule has 0 radical (unpaired) electrons. The monoisotopic (exact) mass is 224 g/mol. The van der Waals surface area contributed by atoms with E-state index in [0.717, 1.165) is 18.0 Å². The van der Waals surface area contributed by atoms with Gasteiger partial charge < -0.3 is 5.32 Å². The van der Waals surface area contributed by atoms with Crippen LogP contribution in [0.4, 0.5) is 0 Å². The van der Waals surface area contributed by atoms with Gasteiger partial charge in [-0.15, -0.1) is 0 Å². The van der Waals surface area contributed by atoms with Crippen molar-refractivity contribution in [1.29, 1.82) is 0 Å². The summed E-state index contributed by atoms with van der Waals surface area (Å²) in [5.74, 6) is 1.02. The number of hydrogen-bond acceptors (Lipinski definition) is 2. The van der Waals surface area contributed by atoms with E-state index >= 15 is 0 Å². The molecule has 1 saturated carbocycles. The standard InChI is InChI=1S/C13H24N2.CH4/c1-2-4-11(5-3-1)8-15-9-12-6-7-13(10-15)14-12;/h11-14H,1-10H2;1H4. The third kappa shape index (κ3) is 2.78. The Bertz CT molecular complexity index is 199. The van der Waals surface area contributed by atoms with Crippen LogP contribution in [0.2, 0.25) is 0 Å². The van der Waals surface area contributed by atoms with E-state index in [0.29, 0.717) is 0 Å². The minimum Gasteiger partial charge on any atom is -0.309 e. The minimum absolute atomic E-state index is 0. The number of rotatable bonds is 2. The summed E-state index contributed by atoms with van der Waals surface area (Å²) in [4.78, 5) is 2.74. The molecule has 94 valence electrons. The summed E-state index contributed by atoms with van der Waals surface area (Å²) in [6, 6.07) is 1.65. The zero-order valence-corrected chi connectivity index (χ0v) is 9.75. The fraction of sp³-hybridized carbons (Fsp3) is 1.00. The topological polar surface area (TPSA) is 15.3 Å². The van der Waals surface area contributed by atoms with Gasteiger partial charge in [-0.05, 0) is 31.6 Å². The highest BCUT2D eigenvalue weighted by Crippen LogP contribution is 2.27. The number of nitrogens with one attached hydrogen (secondary N) is 1. The molecule has 2 heteroatoms. The zero-order chi connectivity index (χ0) is 10.1. The Morgan fingerprint density at radius 1 is 0.875 bits per heavy atom. The van der Waals surface area contributed by atoms with Crippen molar-refractivity contribution in [1.82, 2.24) is 10.2 Å². The van der Waals surface area contributed by atoms with Crippen LogP contribution in [0.25, 0.3) is 0 Å². The summed E-state index contributed by atoms with van der Waals surface area (Å²) < 4.78 is 0. The van der Waals surface area contributed by atoms with Crippen LogP contribution in [0.1, 0.15) is 52.4 Å². The first kappa shape index (κ1) is 12.4. The highest BCUT2D eigenvalue weighted by atomic mass is 15.2. The lowest BCUT2D eigenvalue weighted by atomic mass is 9.88. The van der Waals surface area contributed by atoms with Gasteiger partial charge in [-0.3, -0.25) is 4.90 Å². The van der Waals surface area contributed by atoms with Gasteiger partial charge in [0, 0.05) is 31.7 Å². The summed E-state index contributed by atoms with van der Waals surface area (Å²) in [6.45, 7) is 4.05. The molecule has 0 aromatic rings. The van der Waals surface area contributed by atoms with E-state index in [1.54, 1.807) is 0 Å². The summed E-state index contributed by atoms with van der Waals surface area (Å²) in [7, 11) is 0. The molecule has 1 aliphatic carbocycles. The molecule has 2 nitrogen and oxygen atoms in total. The summed E-state index contributed by atoms with van der Waals surface area (Å²) >= 11 is 0. The van der Waals surface area contributed by atoms with Gasteiger partial charge in [0.1, 0.15) is 0 Å². The van der Waals surface area contributed by atoms with Crippen molar-refractivity contribution in [2.75, 3.05) is 19.6 Å². The first-order valence-electron chi connectivity index (χ1n) is 6.88. The number of fused-ring (bicyclic) bond motifs is 2. The Morgan fingerprint density at radius 3 is 2.12 bits per heavy atom. The second-order valence-corrected chi connectivity index (χ2v) is 5.86. The van der Waals surface area contributed by atoms with Crippen LogP contribution in [0.3, 0.4) is 0 Å². The molecule has 0 aromatic carbocycles. The molecule has 2 unspecified atom stereocenters. The van der Waals surface area contributed by atoms with Crippen molar-refractivity contribution in [2.45, 2.75) is 64.5 Å². The lowest BCUT2D eigenvalue weighted by Gasteiger charge is -2.36. The van der Waals surface area contributed by atoms with Gasteiger partial charge in [-0.1, -0.05) is 26.7 Å². The van der Waals surface area contributed by atoms with Gasteiger partial charge in [0.25, 0.3) is 0 Å². The van der Waals surface area contributed by atoms with E-state index in [4.69, 9.17) is 0 Å². The molecular formula is C14H28N2. The molecule has 3 rings (SSSR count). The average molecular weight is 224 g/mol. The summed E-state index contributed by atoms with van der Waals surface area (Å²) in [5.41, 5.74) is 0. The fourth-order valence-corrected chi connectivity index (χ4v) is 3.77. The highest BCUT2D eigenvalue weighted by Gasteiger charge is 2.32. The minimum atomic E-state index is 0. The molecular weight excluding hydrogens is 196 g/mol. The Labute approximate surface area is 101 Å². The van der Waals surface area contributed by atoms with Crippen LogP contribution in [-0.2, 0) is 0 Å².